The summed E-state index contributed by atoms with van der Waals surface area (Å²) in [4.78, 5) is 18.4. The Bertz CT molecular complexity index is 640. The Hall–Kier alpha value is -1.18. The van der Waals surface area contributed by atoms with Crippen LogP contribution in [0.3, 0.4) is 0 Å². The number of carbonyl (C=O) groups is 1. The minimum absolute atomic E-state index is 0.176. The lowest BCUT2D eigenvalue weighted by molar-refractivity contribution is -0.134. The maximum atomic E-state index is 12.0. The fraction of sp³-hybridized carbons (Fsp3) is 0.429. The first-order valence-electron chi connectivity index (χ1n) is 6.88. The van der Waals surface area contributed by atoms with Crippen LogP contribution in [0.25, 0.3) is 10.2 Å². The maximum Gasteiger partial charge on any atom is 0.224 e. The van der Waals surface area contributed by atoms with E-state index in [9.17, 15) is 4.79 Å². The van der Waals surface area contributed by atoms with Gasteiger partial charge in [0.2, 0.25) is 5.91 Å². The summed E-state index contributed by atoms with van der Waals surface area (Å²) in [5.41, 5.74) is 0.969. The summed E-state index contributed by atoms with van der Waals surface area (Å²) < 4.78 is 7.41. The van der Waals surface area contributed by atoms with Crippen LogP contribution in [-0.2, 0) is 9.53 Å². The highest BCUT2D eigenvalue weighted by Gasteiger charge is 2.16. The van der Waals surface area contributed by atoms with Crippen molar-refractivity contribution in [2.24, 2.45) is 0 Å². The molecule has 2 heterocycles. The van der Waals surface area contributed by atoms with Crippen LogP contribution in [0, 0.1) is 0 Å². The first kappa shape index (κ1) is 14.7. The average molecular weight is 370 g/mol. The molecule has 1 fully saturated rings. The highest BCUT2D eigenvalue weighted by Crippen LogP contribution is 2.28. The van der Waals surface area contributed by atoms with Gasteiger partial charge >= 0.3 is 0 Å². The van der Waals surface area contributed by atoms with Crippen LogP contribution < -0.4 is 5.32 Å². The summed E-state index contributed by atoms with van der Waals surface area (Å²) in [6.45, 7) is 3.30. The monoisotopic (exact) mass is 369 g/mol. The summed E-state index contributed by atoms with van der Waals surface area (Å²) >= 11 is 5.05. The van der Waals surface area contributed by atoms with Gasteiger partial charge in [0, 0.05) is 30.5 Å². The van der Waals surface area contributed by atoms with E-state index in [1.807, 2.05) is 23.1 Å². The van der Waals surface area contributed by atoms with E-state index in [1.165, 1.54) is 0 Å². The smallest absolute Gasteiger partial charge is 0.224 e. The molecule has 1 aliphatic rings. The van der Waals surface area contributed by atoms with E-state index in [-0.39, 0.29) is 5.91 Å². The molecule has 0 unspecified atom stereocenters. The molecule has 1 amide bonds. The zero-order valence-electron chi connectivity index (χ0n) is 11.5. The van der Waals surface area contributed by atoms with Gasteiger partial charge in [-0.05, 0) is 18.2 Å². The molecule has 1 saturated heterocycles. The minimum atomic E-state index is 0.176. The van der Waals surface area contributed by atoms with Crippen LogP contribution >= 0.6 is 27.3 Å². The summed E-state index contributed by atoms with van der Waals surface area (Å²) in [6, 6.07) is 6.04. The Morgan fingerprint density at radius 1 is 1.43 bits per heavy atom. The fourth-order valence-corrected chi connectivity index (χ4v) is 3.44. The van der Waals surface area contributed by atoms with E-state index in [4.69, 9.17) is 4.74 Å². The average Bonchev–Trinajstić information content (AvgIpc) is 2.89. The van der Waals surface area contributed by atoms with Crippen molar-refractivity contribution in [2.75, 3.05) is 38.2 Å². The van der Waals surface area contributed by atoms with E-state index < -0.39 is 0 Å². The van der Waals surface area contributed by atoms with Crippen molar-refractivity contribution in [1.29, 1.82) is 0 Å². The Morgan fingerprint density at radius 3 is 3.05 bits per heavy atom. The molecule has 1 aliphatic heterocycles. The van der Waals surface area contributed by atoms with Gasteiger partial charge in [0.15, 0.2) is 5.13 Å². The maximum absolute atomic E-state index is 12.0. The lowest BCUT2D eigenvalue weighted by Crippen LogP contribution is -2.41. The molecule has 112 valence electrons. The molecule has 1 aromatic carbocycles. The number of fused-ring (bicyclic) bond motifs is 1. The molecule has 2 aromatic rings. The molecule has 21 heavy (non-hydrogen) atoms. The standard InChI is InChI=1S/C14H16BrN3O2S/c15-10-1-2-12-11(9-10)17-14(21-12)16-4-3-13(19)18-5-7-20-8-6-18/h1-2,9H,3-8H2,(H,16,17). The largest absolute Gasteiger partial charge is 0.378 e. The van der Waals surface area contributed by atoms with Crippen molar-refractivity contribution in [3.05, 3.63) is 22.7 Å². The summed E-state index contributed by atoms with van der Waals surface area (Å²) in [5.74, 6) is 0.176. The molecule has 1 aromatic heterocycles. The number of rotatable bonds is 4. The normalized spacial score (nSPS) is 15.4. The predicted molar refractivity (Wildman–Crippen MR) is 87.8 cm³/mol. The first-order valence-corrected chi connectivity index (χ1v) is 8.49. The van der Waals surface area contributed by atoms with Gasteiger partial charge < -0.3 is 15.0 Å². The number of nitrogens with zero attached hydrogens (tertiary/aromatic N) is 2. The van der Waals surface area contributed by atoms with Crippen molar-refractivity contribution in [2.45, 2.75) is 6.42 Å². The number of amides is 1. The Balaban J connectivity index is 1.53. The van der Waals surface area contributed by atoms with Gasteiger partial charge in [-0.25, -0.2) is 4.98 Å². The number of aromatic nitrogens is 1. The van der Waals surface area contributed by atoms with E-state index >= 15 is 0 Å². The molecular formula is C14H16BrN3O2S. The molecule has 1 N–H and O–H groups in total. The lowest BCUT2D eigenvalue weighted by atomic mass is 10.3. The second kappa shape index (κ2) is 6.72. The van der Waals surface area contributed by atoms with Gasteiger partial charge in [-0.1, -0.05) is 27.3 Å². The van der Waals surface area contributed by atoms with Gasteiger partial charge in [-0.2, -0.15) is 0 Å². The number of anilines is 1. The Kier molecular flexibility index (Phi) is 4.72. The topological polar surface area (TPSA) is 54.5 Å². The third kappa shape index (κ3) is 3.72. The zero-order chi connectivity index (χ0) is 14.7. The van der Waals surface area contributed by atoms with Crippen LogP contribution in [0.15, 0.2) is 22.7 Å². The summed E-state index contributed by atoms with van der Waals surface area (Å²) in [6.07, 6.45) is 0.486. The van der Waals surface area contributed by atoms with Gasteiger partial charge in [0.25, 0.3) is 0 Å². The van der Waals surface area contributed by atoms with Crippen molar-refractivity contribution in [3.63, 3.8) is 0 Å². The minimum Gasteiger partial charge on any atom is -0.378 e. The Morgan fingerprint density at radius 2 is 2.24 bits per heavy atom. The number of nitrogens with one attached hydrogen (secondary N) is 1. The number of hydrogen-bond acceptors (Lipinski definition) is 5. The fourth-order valence-electron chi connectivity index (χ4n) is 2.22. The number of carbonyl (C=O) groups excluding carboxylic acids is 1. The summed E-state index contributed by atoms with van der Waals surface area (Å²) in [7, 11) is 0. The number of benzene rings is 1. The molecule has 0 atom stereocenters. The van der Waals surface area contributed by atoms with Crippen LogP contribution in [0.4, 0.5) is 5.13 Å². The van der Waals surface area contributed by atoms with Crippen molar-refractivity contribution in [1.82, 2.24) is 9.88 Å². The zero-order valence-corrected chi connectivity index (χ0v) is 13.9. The van der Waals surface area contributed by atoms with E-state index in [1.54, 1.807) is 11.3 Å². The van der Waals surface area contributed by atoms with Crippen molar-refractivity contribution >= 4 is 48.5 Å². The van der Waals surface area contributed by atoms with Crippen LogP contribution in [-0.4, -0.2) is 48.6 Å². The van der Waals surface area contributed by atoms with Crippen LogP contribution in [0.2, 0.25) is 0 Å². The molecule has 5 nitrogen and oxygen atoms in total. The van der Waals surface area contributed by atoms with E-state index in [0.717, 1.165) is 19.8 Å². The molecular weight excluding hydrogens is 354 g/mol. The second-order valence-electron chi connectivity index (χ2n) is 4.80. The number of morpholine rings is 1. The third-order valence-corrected chi connectivity index (χ3v) is 4.82. The number of halogens is 1. The van der Waals surface area contributed by atoms with Gasteiger partial charge in [0.05, 0.1) is 23.4 Å². The SMILES string of the molecule is O=C(CCNc1nc2cc(Br)ccc2s1)N1CCOCC1. The number of ether oxygens (including phenoxy) is 1. The first-order chi connectivity index (χ1) is 10.2. The lowest BCUT2D eigenvalue weighted by Gasteiger charge is -2.26. The van der Waals surface area contributed by atoms with Gasteiger partial charge in [-0.3, -0.25) is 4.79 Å². The van der Waals surface area contributed by atoms with Crippen LogP contribution in [0.5, 0.6) is 0 Å². The highest BCUT2D eigenvalue weighted by molar-refractivity contribution is 9.10. The molecule has 3 rings (SSSR count). The summed E-state index contributed by atoms with van der Waals surface area (Å²) in [5, 5.41) is 4.10. The second-order valence-corrected chi connectivity index (χ2v) is 6.75. The van der Waals surface area contributed by atoms with Crippen molar-refractivity contribution in [3.8, 4) is 0 Å². The molecule has 0 radical (unpaired) electrons. The predicted octanol–water partition coefficient (Wildman–Crippen LogP) is 2.72. The van der Waals surface area contributed by atoms with Crippen molar-refractivity contribution < 1.29 is 9.53 Å². The third-order valence-electron chi connectivity index (χ3n) is 3.33. The number of hydrogen-bond donors (Lipinski definition) is 1. The molecule has 0 bridgehead atoms. The van der Waals surface area contributed by atoms with Gasteiger partial charge in [0.1, 0.15) is 0 Å². The number of thiazole rings is 1. The quantitative estimate of drug-likeness (QED) is 0.899. The van der Waals surface area contributed by atoms with E-state index in [2.05, 4.69) is 26.2 Å². The Labute approximate surface area is 135 Å². The van der Waals surface area contributed by atoms with Gasteiger partial charge in [-0.15, -0.1) is 0 Å². The molecule has 0 saturated carbocycles. The molecule has 0 aliphatic carbocycles. The highest BCUT2D eigenvalue weighted by atomic mass is 79.9. The van der Waals surface area contributed by atoms with Crippen LogP contribution in [0.1, 0.15) is 6.42 Å². The molecule has 0 spiro atoms. The van der Waals surface area contributed by atoms with E-state index in [0.29, 0.717) is 39.3 Å². The molecule has 7 heteroatoms.